The summed E-state index contributed by atoms with van der Waals surface area (Å²) in [5, 5.41) is 10.6. The van der Waals surface area contributed by atoms with Crippen LogP contribution in [0.25, 0.3) is 0 Å². The van der Waals surface area contributed by atoms with Crippen LogP contribution >= 0.6 is 11.3 Å². The van der Waals surface area contributed by atoms with E-state index in [1.54, 1.807) is 5.38 Å². The van der Waals surface area contributed by atoms with Gasteiger partial charge in [-0.1, -0.05) is 20.8 Å². The normalized spacial score (nSPS) is 11.6. The molecule has 66 valence electrons. The predicted octanol–water partition coefficient (Wildman–Crippen LogP) is 2.14. The Morgan fingerprint density at radius 3 is 2.42 bits per heavy atom. The van der Waals surface area contributed by atoms with Crippen molar-refractivity contribution in [2.45, 2.75) is 26.2 Å². The average Bonchev–Trinajstić information content (AvgIpc) is 2.30. The van der Waals surface area contributed by atoms with E-state index in [9.17, 15) is 4.79 Å². The van der Waals surface area contributed by atoms with Gasteiger partial charge in [-0.25, -0.2) is 9.78 Å². The monoisotopic (exact) mass is 185 g/mol. The van der Waals surface area contributed by atoms with Crippen LogP contribution in [-0.4, -0.2) is 16.1 Å². The van der Waals surface area contributed by atoms with Crippen molar-refractivity contribution in [1.82, 2.24) is 4.98 Å². The highest BCUT2D eigenvalue weighted by atomic mass is 32.1. The quantitative estimate of drug-likeness (QED) is 0.729. The Bertz CT molecular complexity index is 298. The van der Waals surface area contributed by atoms with Crippen molar-refractivity contribution in [2.75, 3.05) is 0 Å². The van der Waals surface area contributed by atoms with E-state index in [0.29, 0.717) is 0 Å². The SMILES string of the molecule is CC(C)(C)c1csc(C(=O)O)n1. The van der Waals surface area contributed by atoms with Crippen molar-refractivity contribution in [3.05, 3.63) is 16.1 Å². The van der Waals surface area contributed by atoms with Crippen molar-refractivity contribution < 1.29 is 9.90 Å². The number of thiazole rings is 1. The first-order valence-corrected chi connectivity index (χ1v) is 4.48. The van der Waals surface area contributed by atoms with Gasteiger partial charge in [-0.15, -0.1) is 11.3 Å². The smallest absolute Gasteiger partial charge is 0.365 e. The number of carboxylic acid groups (broad SMARTS) is 1. The molecule has 1 aromatic heterocycles. The summed E-state index contributed by atoms with van der Waals surface area (Å²) in [7, 11) is 0. The lowest BCUT2D eigenvalue weighted by Gasteiger charge is -2.13. The number of hydrogen-bond donors (Lipinski definition) is 1. The molecule has 0 radical (unpaired) electrons. The molecule has 1 heterocycles. The van der Waals surface area contributed by atoms with Gasteiger partial charge in [0.05, 0.1) is 5.69 Å². The summed E-state index contributed by atoms with van der Waals surface area (Å²) in [5.41, 5.74) is 0.773. The van der Waals surface area contributed by atoms with Crippen LogP contribution in [0.5, 0.6) is 0 Å². The maximum absolute atomic E-state index is 10.5. The van der Waals surface area contributed by atoms with E-state index in [1.165, 1.54) is 11.3 Å². The van der Waals surface area contributed by atoms with Crippen molar-refractivity contribution in [2.24, 2.45) is 0 Å². The fraction of sp³-hybridized carbons (Fsp3) is 0.500. The Kier molecular flexibility index (Phi) is 2.19. The first-order chi connectivity index (χ1) is 5.41. The van der Waals surface area contributed by atoms with Gasteiger partial charge in [0.15, 0.2) is 0 Å². The molecule has 12 heavy (non-hydrogen) atoms. The molecule has 0 aliphatic carbocycles. The molecule has 0 unspecified atom stereocenters. The van der Waals surface area contributed by atoms with Crippen LogP contribution in [0.2, 0.25) is 0 Å². The number of aromatic nitrogens is 1. The number of hydrogen-bond acceptors (Lipinski definition) is 3. The van der Waals surface area contributed by atoms with Gasteiger partial charge in [0.25, 0.3) is 0 Å². The molecule has 1 rings (SSSR count). The van der Waals surface area contributed by atoms with Crippen LogP contribution < -0.4 is 0 Å². The van der Waals surface area contributed by atoms with E-state index in [4.69, 9.17) is 5.11 Å². The van der Waals surface area contributed by atoms with Crippen molar-refractivity contribution in [3.63, 3.8) is 0 Å². The van der Waals surface area contributed by atoms with Crippen molar-refractivity contribution in [1.29, 1.82) is 0 Å². The minimum atomic E-state index is -0.949. The Morgan fingerprint density at radius 1 is 1.58 bits per heavy atom. The molecule has 0 aliphatic rings. The topological polar surface area (TPSA) is 50.2 Å². The lowest BCUT2D eigenvalue weighted by atomic mass is 9.93. The van der Waals surface area contributed by atoms with Crippen LogP contribution in [-0.2, 0) is 5.41 Å². The summed E-state index contributed by atoms with van der Waals surface area (Å²) in [6.07, 6.45) is 0. The Morgan fingerprint density at radius 2 is 2.17 bits per heavy atom. The minimum absolute atomic E-state index is 0.0653. The Hall–Kier alpha value is -0.900. The van der Waals surface area contributed by atoms with Crippen molar-refractivity contribution in [3.8, 4) is 0 Å². The second-order valence-electron chi connectivity index (χ2n) is 3.59. The standard InChI is InChI=1S/C8H11NO2S/c1-8(2,3)5-4-12-6(9-5)7(10)11/h4H,1-3H3,(H,10,11). The molecule has 0 saturated heterocycles. The average molecular weight is 185 g/mol. The fourth-order valence-electron chi connectivity index (χ4n) is 0.716. The van der Waals surface area contributed by atoms with Gasteiger partial charge < -0.3 is 5.11 Å². The molecule has 0 amide bonds. The molecular formula is C8H11NO2S. The zero-order valence-corrected chi connectivity index (χ0v) is 8.10. The van der Waals surface area contributed by atoms with Gasteiger partial charge in [0.1, 0.15) is 0 Å². The molecule has 0 atom stereocenters. The van der Waals surface area contributed by atoms with Crippen LogP contribution in [0.4, 0.5) is 0 Å². The van der Waals surface area contributed by atoms with E-state index in [0.717, 1.165) is 5.69 Å². The van der Waals surface area contributed by atoms with Crippen LogP contribution in [0.15, 0.2) is 5.38 Å². The molecule has 4 heteroatoms. The highest BCUT2D eigenvalue weighted by molar-refractivity contribution is 7.11. The third-order valence-electron chi connectivity index (χ3n) is 1.46. The summed E-state index contributed by atoms with van der Waals surface area (Å²) in [5.74, 6) is -0.949. The summed E-state index contributed by atoms with van der Waals surface area (Å²) < 4.78 is 0. The minimum Gasteiger partial charge on any atom is -0.476 e. The Labute approximate surface area is 75.1 Å². The van der Waals surface area contributed by atoms with Crippen molar-refractivity contribution >= 4 is 17.3 Å². The summed E-state index contributed by atoms with van der Waals surface area (Å²) in [4.78, 5) is 14.5. The zero-order chi connectivity index (χ0) is 9.35. The summed E-state index contributed by atoms with van der Waals surface area (Å²) in [6, 6.07) is 0. The molecule has 0 bridgehead atoms. The lowest BCUT2D eigenvalue weighted by Crippen LogP contribution is -2.12. The van der Waals surface area contributed by atoms with E-state index < -0.39 is 5.97 Å². The van der Waals surface area contributed by atoms with Gasteiger partial charge in [0.2, 0.25) is 5.01 Å². The summed E-state index contributed by atoms with van der Waals surface area (Å²) in [6.45, 7) is 6.02. The number of rotatable bonds is 1. The first kappa shape index (κ1) is 9.19. The molecular weight excluding hydrogens is 174 g/mol. The molecule has 0 saturated carbocycles. The van der Waals surface area contributed by atoms with Gasteiger partial charge in [0, 0.05) is 10.8 Å². The number of aromatic carboxylic acids is 1. The molecule has 1 aromatic rings. The van der Waals surface area contributed by atoms with E-state index in [-0.39, 0.29) is 10.4 Å². The summed E-state index contributed by atoms with van der Waals surface area (Å²) >= 11 is 1.17. The molecule has 3 nitrogen and oxygen atoms in total. The highest BCUT2D eigenvalue weighted by Gasteiger charge is 2.19. The number of nitrogens with zero attached hydrogens (tertiary/aromatic N) is 1. The molecule has 0 aliphatic heterocycles. The van der Waals surface area contributed by atoms with Gasteiger partial charge in [-0.3, -0.25) is 0 Å². The molecule has 1 N–H and O–H groups in total. The number of carboxylic acids is 1. The zero-order valence-electron chi connectivity index (χ0n) is 7.29. The van der Waals surface area contributed by atoms with E-state index in [2.05, 4.69) is 4.98 Å². The Balaban J connectivity index is 3.00. The van der Waals surface area contributed by atoms with E-state index >= 15 is 0 Å². The van der Waals surface area contributed by atoms with Crippen LogP contribution in [0.3, 0.4) is 0 Å². The largest absolute Gasteiger partial charge is 0.476 e. The van der Waals surface area contributed by atoms with E-state index in [1.807, 2.05) is 20.8 Å². The highest BCUT2D eigenvalue weighted by Crippen LogP contribution is 2.23. The number of carbonyl (C=O) groups is 1. The second-order valence-corrected chi connectivity index (χ2v) is 4.45. The third kappa shape index (κ3) is 1.82. The molecule has 0 spiro atoms. The maximum Gasteiger partial charge on any atom is 0.365 e. The van der Waals surface area contributed by atoms with Crippen LogP contribution in [0.1, 0.15) is 36.3 Å². The van der Waals surface area contributed by atoms with Gasteiger partial charge in [-0.2, -0.15) is 0 Å². The third-order valence-corrected chi connectivity index (χ3v) is 2.29. The van der Waals surface area contributed by atoms with Gasteiger partial charge >= 0.3 is 5.97 Å². The fourth-order valence-corrected chi connectivity index (χ4v) is 1.60. The van der Waals surface area contributed by atoms with Crippen LogP contribution in [0, 0.1) is 0 Å². The maximum atomic E-state index is 10.5. The first-order valence-electron chi connectivity index (χ1n) is 3.60. The second kappa shape index (κ2) is 2.86. The van der Waals surface area contributed by atoms with Gasteiger partial charge in [-0.05, 0) is 0 Å². The molecule has 0 fully saturated rings. The predicted molar refractivity (Wildman–Crippen MR) is 47.8 cm³/mol. The lowest BCUT2D eigenvalue weighted by molar-refractivity contribution is 0.0696. The molecule has 0 aromatic carbocycles.